The summed E-state index contributed by atoms with van der Waals surface area (Å²) in [7, 11) is -2.11. The number of methoxy groups -OCH3 is 1. The molecule has 1 N–H and O–H groups in total. The van der Waals surface area contributed by atoms with E-state index in [1.165, 1.54) is 27.4 Å². The first-order valence-corrected chi connectivity index (χ1v) is 11.7. The van der Waals surface area contributed by atoms with Gasteiger partial charge in [-0.25, -0.2) is 13.1 Å². The summed E-state index contributed by atoms with van der Waals surface area (Å²) in [5.41, 5.74) is 1.60. The Hall–Kier alpha value is -3.31. The number of aromatic nitrogens is 4. The minimum absolute atomic E-state index is 0.144. The van der Waals surface area contributed by atoms with Gasteiger partial charge >= 0.3 is 0 Å². The maximum atomic E-state index is 13.1. The number of ether oxygens (including phenoxy) is 1. The van der Waals surface area contributed by atoms with Crippen LogP contribution in [-0.4, -0.2) is 59.0 Å². The van der Waals surface area contributed by atoms with Crippen LogP contribution in [-0.2, 0) is 21.4 Å². The van der Waals surface area contributed by atoms with Crippen LogP contribution in [0.3, 0.4) is 0 Å². The number of nitrogens with one attached hydrogen (secondary N) is 1. The van der Waals surface area contributed by atoms with Crippen molar-refractivity contribution in [2.24, 2.45) is 5.92 Å². The molecule has 11 heteroatoms. The molecular weight excluding hydrogens is 432 g/mol. The van der Waals surface area contributed by atoms with E-state index in [1.54, 1.807) is 19.2 Å². The Balaban J connectivity index is 1.39. The lowest BCUT2D eigenvalue weighted by atomic mass is 9.99. The molecule has 32 heavy (non-hydrogen) atoms. The monoisotopic (exact) mass is 456 g/mol. The molecule has 0 bridgehead atoms. The SMILES string of the molecule is COc1ccc(CNC(=O)[C@H]2CCCN(S(=O)(=O)c3ccc(-n4cnnn4)cc3)C2)cc1. The molecule has 2 aromatic carbocycles. The van der Waals surface area contributed by atoms with Crippen molar-refractivity contribution < 1.29 is 17.9 Å². The molecule has 1 fully saturated rings. The number of rotatable bonds is 7. The third-order valence-corrected chi connectivity index (χ3v) is 7.35. The number of carbonyl (C=O) groups excluding carboxylic acids is 1. The van der Waals surface area contributed by atoms with E-state index in [9.17, 15) is 13.2 Å². The highest BCUT2D eigenvalue weighted by atomic mass is 32.2. The van der Waals surface area contributed by atoms with E-state index in [4.69, 9.17) is 4.74 Å². The highest BCUT2D eigenvalue weighted by Gasteiger charge is 2.33. The standard InChI is InChI=1S/C21H24N6O4S/c1-31-19-8-4-16(5-9-19)13-22-21(28)17-3-2-12-26(14-17)32(29,30)20-10-6-18(7-11-20)27-15-23-24-25-27/h4-11,15,17H,2-3,12-14H2,1H3,(H,22,28)/t17-/m0/s1. The first-order chi connectivity index (χ1) is 15.5. The van der Waals surface area contributed by atoms with Crippen LogP contribution in [0.15, 0.2) is 59.8 Å². The Morgan fingerprint density at radius 3 is 2.56 bits per heavy atom. The van der Waals surface area contributed by atoms with Crippen LogP contribution >= 0.6 is 0 Å². The predicted octanol–water partition coefficient (Wildman–Crippen LogP) is 1.39. The number of amides is 1. The number of benzene rings is 2. The first kappa shape index (κ1) is 21.9. The molecule has 1 atom stereocenters. The second kappa shape index (κ2) is 9.45. The zero-order valence-electron chi connectivity index (χ0n) is 17.6. The average molecular weight is 457 g/mol. The Labute approximate surface area is 186 Å². The molecule has 0 saturated carbocycles. The fourth-order valence-electron chi connectivity index (χ4n) is 3.65. The van der Waals surface area contributed by atoms with Crippen molar-refractivity contribution in [3.8, 4) is 11.4 Å². The Bertz CT molecular complexity index is 1150. The molecular formula is C21H24N6O4S. The molecule has 4 rings (SSSR count). The molecule has 0 spiro atoms. The van der Waals surface area contributed by atoms with Crippen molar-refractivity contribution in [3.63, 3.8) is 0 Å². The van der Waals surface area contributed by atoms with Gasteiger partial charge in [0, 0.05) is 19.6 Å². The normalized spacial score (nSPS) is 17.1. The summed E-state index contributed by atoms with van der Waals surface area (Å²) in [5.74, 6) is 0.214. The number of nitrogens with zero attached hydrogens (tertiary/aromatic N) is 5. The fourth-order valence-corrected chi connectivity index (χ4v) is 5.17. The molecule has 1 saturated heterocycles. The third kappa shape index (κ3) is 4.78. The van der Waals surface area contributed by atoms with Gasteiger partial charge in [-0.1, -0.05) is 12.1 Å². The van der Waals surface area contributed by atoms with Crippen molar-refractivity contribution in [1.29, 1.82) is 0 Å². The van der Waals surface area contributed by atoms with Crippen molar-refractivity contribution in [1.82, 2.24) is 29.8 Å². The lowest BCUT2D eigenvalue weighted by Crippen LogP contribution is -2.45. The van der Waals surface area contributed by atoms with Gasteiger partial charge in [0.15, 0.2) is 0 Å². The summed E-state index contributed by atoms with van der Waals surface area (Å²) in [6, 6.07) is 13.8. The smallest absolute Gasteiger partial charge is 0.243 e. The Kier molecular flexibility index (Phi) is 6.47. The van der Waals surface area contributed by atoms with Crippen molar-refractivity contribution >= 4 is 15.9 Å². The molecule has 1 aliphatic rings. The molecule has 10 nitrogen and oxygen atoms in total. The van der Waals surface area contributed by atoms with Crippen molar-refractivity contribution in [2.45, 2.75) is 24.3 Å². The van der Waals surface area contributed by atoms with E-state index >= 15 is 0 Å². The van der Waals surface area contributed by atoms with Crippen LogP contribution in [0.1, 0.15) is 18.4 Å². The molecule has 168 valence electrons. The van der Waals surface area contributed by atoms with Crippen LogP contribution in [0.4, 0.5) is 0 Å². The number of piperidine rings is 1. The topological polar surface area (TPSA) is 119 Å². The number of tetrazole rings is 1. The zero-order chi connectivity index (χ0) is 22.6. The Morgan fingerprint density at radius 2 is 1.91 bits per heavy atom. The van der Waals surface area contributed by atoms with Gasteiger partial charge in [0.25, 0.3) is 0 Å². The highest BCUT2D eigenvalue weighted by Crippen LogP contribution is 2.25. The summed E-state index contributed by atoms with van der Waals surface area (Å²) >= 11 is 0. The summed E-state index contributed by atoms with van der Waals surface area (Å²) in [6.45, 7) is 0.926. The summed E-state index contributed by atoms with van der Waals surface area (Å²) in [4.78, 5) is 12.9. The van der Waals surface area contributed by atoms with Gasteiger partial charge in [0.2, 0.25) is 15.9 Å². The molecule has 1 aliphatic heterocycles. The van der Waals surface area contributed by atoms with Crippen LogP contribution in [0.25, 0.3) is 5.69 Å². The van der Waals surface area contributed by atoms with E-state index in [1.807, 2.05) is 24.3 Å². The second-order valence-corrected chi connectivity index (χ2v) is 9.45. The lowest BCUT2D eigenvalue weighted by molar-refractivity contribution is -0.126. The van der Waals surface area contributed by atoms with Crippen LogP contribution < -0.4 is 10.1 Å². The molecule has 0 radical (unpaired) electrons. The van der Waals surface area contributed by atoms with Crippen LogP contribution in [0, 0.1) is 5.92 Å². The van der Waals surface area contributed by atoms with Gasteiger partial charge in [0.05, 0.1) is 23.6 Å². The van der Waals surface area contributed by atoms with E-state index in [0.717, 1.165) is 11.3 Å². The minimum atomic E-state index is -3.71. The maximum absolute atomic E-state index is 13.1. The van der Waals surface area contributed by atoms with E-state index in [2.05, 4.69) is 20.8 Å². The molecule has 0 unspecified atom stereocenters. The first-order valence-electron chi connectivity index (χ1n) is 10.2. The van der Waals surface area contributed by atoms with Crippen LogP contribution in [0.2, 0.25) is 0 Å². The molecule has 1 aromatic heterocycles. The van der Waals surface area contributed by atoms with Gasteiger partial charge in [-0.05, 0) is 65.2 Å². The lowest BCUT2D eigenvalue weighted by Gasteiger charge is -2.31. The number of sulfonamides is 1. The fraction of sp³-hybridized carbons (Fsp3) is 0.333. The molecule has 2 heterocycles. The summed E-state index contributed by atoms with van der Waals surface area (Å²) in [5, 5.41) is 13.9. The third-order valence-electron chi connectivity index (χ3n) is 5.47. The van der Waals surface area contributed by atoms with Gasteiger partial charge in [-0.2, -0.15) is 4.31 Å². The van der Waals surface area contributed by atoms with Gasteiger partial charge < -0.3 is 10.1 Å². The molecule has 3 aromatic rings. The second-order valence-electron chi connectivity index (χ2n) is 7.52. The highest BCUT2D eigenvalue weighted by molar-refractivity contribution is 7.89. The van der Waals surface area contributed by atoms with Crippen LogP contribution in [0.5, 0.6) is 5.75 Å². The minimum Gasteiger partial charge on any atom is -0.497 e. The molecule has 0 aliphatic carbocycles. The quantitative estimate of drug-likeness (QED) is 0.570. The van der Waals surface area contributed by atoms with E-state index < -0.39 is 15.9 Å². The number of hydrogen-bond donors (Lipinski definition) is 1. The Morgan fingerprint density at radius 1 is 1.16 bits per heavy atom. The van der Waals surface area contributed by atoms with Gasteiger partial charge in [-0.15, -0.1) is 5.10 Å². The summed E-state index contributed by atoms with van der Waals surface area (Å²) < 4.78 is 34.2. The predicted molar refractivity (Wildman–Crippen MR) is 115 cm³/mol. The van der Waals surface area contributed by atoms with Crippen molar-refractivity contribution in [3.05, 3.63) is 60.4 Å². The van der Waals surface area contributed by atoms with E-state index in [-0.39, 0.29) is 17.3 Å². The number of hydrogen-bond acceptors (Lipinski definition) is 7. The number of carbonyl (C=O) groups is 1. The van der Waals surface area contributed by atoms with Gasteiger partial charge in [0.1, 0.15) is 12.1 Å². The zero-order valence-corrected chi connectivity index (χ0v) is 18.4. The largest absolute Gasteiger partial charge is 0.497 e. The molecule has 1 amide bonds. The maximum Gasteiger partial charge on any atom is 0.243 e. The van der Waals surface area contributed by atoms with Gasteiger partial charge in [-0.3, -0.25) is 4.79 Å². The van der Waals surface area contributed by atoms with E-state index in [0.29, 0.717) is 31.6 Å². The average Bonchev–Trinajstić information content (AvgIpc) is 3.38. The van der Waals surface area contributed by atoms with Crippen molar-refractivity contribution in [2.75, 3.05) is 20.2 Å². The summed E-state index contributed by atoms with van der Waals surface area (Å²) in [6.07, 6.45) is 2.71.